The number of likely N-dealkylation sites (tertiary alicyclic amines) is 1. The highest BCUT2D eigenvalue weighted by atomic mass is 35.5. The molecule has 0 aliphatic carbocycles. The number of piperidine rings is 1. The summed E-state index contributed by atoms with van der Waals surface area (Å²) in [4.78, 5) is 51.0. The van der Waals surface area contributed by atoms with E-state index in [-0.39, 0.29) is 36.6 Å². The highest BCUT2D eigenvalue weighted by Gasteiger charge is 2.28. The molecule has 8 nitrogen and oxygen atoms in total. The quantitative estimate of drug-likeness (QED) is 0.309. The van der Waals surface area contributed by atoms with Gasteiger partial charge in [0.1, 0.15) is 0 Å². The van der Waals surface area contributed by atoms with Gasteiger partial charge < -0.3 is 20.6 Å². The molecule has 3 aromatic rings. The van der Waals surface area contributed by atoms with Crippen LogP contribution >= 0.6 is 34.5 Å². The molecular formula is C28H27Cl2N3O5S. The van der Waals surface area contributed by atoms with Crippen molar-refractivity contribution in [2.75, 3.05) is 19.6 Å². The maximum absolute atomic E-state index is 12.9. The van der Waals surface area contributed by atoms with Gasteiger partial charge in [0.2, 0.25) is 11.8 Å². The molecule has 2 aromatic carbocycles. The number of hydrogen-bond acceptors (Lipinski definition) is 5. The van der Waals surface area contributed by atoms with Gasteiger partial charge in [-0.2, -0.15) is 0 Å². The maximum atomic E-state index is 12.9. The molecule has 0 saturated carbocycles. The Hall–Kier alpha value is -3.40. The van der Waals surface area contributed by atoms with Crippen molar-refractivity contribution in [2.45, 2.75) is 25.3 Å². The monoisotopic (exact) mass is 587 g/mol. The Labute approximate surface area is 239 Å². The zero-order valence-corrected chi connectivity index (χ0v) is 23.2. The summed E-state index contributed by atoms with van der Waals surface area (Å²) in [6.07, 6.45) is 3.65. The summed E-state index contributed by atoms with van der Waals surface area (Å²) in [6.45, 7) is 0.749. The first-order valence-corrected chi connectivity index (χ1v) is 14.0. The number of fused-ring (bicyclic) bond motifs is 1. The fourth-order valence-electron chi connectivity index (χ4n) is 4.43. The lowest BCUT2D eigenvalue weighted by Crippen LogP contribution is -2.49. The third kappa shape index (κ3) is 7.38. The summed E-state index contributed by atoms with van der Waals surface area (Å²) in [7, 11) is 0. The number of amides is 3. The molecule has 3 amide bonds. The smallest absolute Gasteiger partial charge is 0.305 e. The van der Waals surface area contributed by atoms with Crippen LogP contribution in [-0.4, -0.2) is 59.4 Å². The van der Waals surface area contributed by atoms with E-state index in [1.54, 1.807) is 41.3 Å². The molecule has 1 aromatic heterocycles. The van der Waals surface area contributed by atoms with Gasteiger partial charge in [-0.25, -0.2) is 0 Å². The predicted molar refractivity (Wildman–Crippen MR) is 153 cm³/mol. The lowest BCUT2D eigenvalue weighted by atomic mass is 9.95. The number of carboxylic acids is 1. The van der Waals surface area contributed by atoms with Crippen LogP contribution in [0, 0.1) is 5.92 Å². The van der Waals surface area contributed by atoms with Crippen LogP contribution in [0.2, 0.25) is 10.0 Å². The van der Waals surface area contributed by atoms with Gasteiger partial charge in [0.05, 0.1) is 27.2 Å². The molecule has 1 aliphatic rings. The molecule has 0 bridgehead atoms. The van der Waals surface area contributed by atoms with Crippen LogP contribution in [0.15, 0.2) is 53.9 Å². The van der Waals surface area contributed by atoms with Crippen LogP contribution in [0.5, 0.6) is 0 Å². The standard InChI is InChI=1S/C28H27Cl2N3O5S/c29-24-19(14-20-10-13-39-26(20)25(24)30)6-7-22(34)33-11-8-18(9-12-33)28(38)32-21(15-23(35)36)16-31-27(37)17-4-2-1-3-5-17/h1-7,10,13-14,18,21H,8-9,11-12,15-16H2,(H,31,37)(H,32,38)(H,35,36)/b7-6+/t21-/m1/s1. The van der Waals surface area contributed by atoms with Crippen molar-refractivity contribution < 1.29 is 24.3 Å². The summed E-state index contributed by atoms with van der Waals surface area (Å²) < 4.78 is 0.898. The Morgan fingerprint density at radius 3 is 2.49 bits per heavy atom. The van der Waals surface area contributed by atoms with E-state index >= 15 is 0 Å². The summed E-state index contributed by atoms with van der Waals surface area (Å²) >= 11 is 14.3. The Morgan fingerprint density at radius 1 is 1.08 bits per heavy atom. The molecule has 1 atom stereocenters. The van der Waals surface area contributed by atoms with Crippen LogP contribution in [0.3, 0.4) is 0 Å². The summed E-state index contributed by atoms with van der Waals surface area (Å²) in [5, 5.41) is 18.4. The molecule has 0 unspecified atom stereocenters. The van der Waals surface area contributed by atoms with Crippen LogP contribution in [0.25, 0.3) is 16.2 Å². The molecule has 11 heteroatoms. The van der Waals surface area contributed by atoms with Gasteiger partial charge in [-0.1, -0.05) is 41.4 Å². The zero-order chi connectivity index (χ0) is 27.9. The fourth-order valence-corrected chi connectivity index (χ4v) is 5.87. The van der Waals surface area contributed by atoms with Crippen molar-refractivity contribution in [3.8, 4) is 0 Å². The number of halogens is 2. The largest absolute Gasteiger partial charge is 0.481 e. The number of nitrogens with one attached hydrogen (secondary N) is 2. The molecule has 4 rings (SSSR count). The Morgan fingerprint density at radius 2 is 1.79 bits per heavy atom. The first-order chi connectivity index (χ1) is 18.7. The minimum atomic E-state index is -1.08. The number of thiophene rings is 1. The van der Waals surface area contributed by atoms with Gasteiger partial charge in [-0.15, -0.1) is 11.3 Å². The first-order valence-electron chi connectivity index (χ1n) is 12.4. The lowest BCUT2D eigenvalue weighted by molar-refractivity contribution is -0.138. The van der Waals surface area contributed by atoms with E-state index in [1.165, 1.54) is 17.4 Å². The molecule has 2 heterocycles. The molecule has 39 heavy (non-hydrogen) atoms. The van der Waals surface area contributed by atoms with E-state index in [4.69, 9.17) is 23.2 Å². The number of carbonyl (C=O) groups excluding carboxylic acids is 3. The van der Waals surface area contributed by atoms with Crippen molar-refractivity contribution in [2.24, 2.45) is 5.92 Å². The van der Waals surface area contributed by atoms with Gasteiger partial charge in [-0.3, -0.25) is 19.2 Å². The summed E-state index contributed by atoms with van der Waals surface area (Å²) in [5.41, 5.74) is 1.10. The second-order valence-corrected chi connectivity index (χ2v) is 10.9. The molecular weight excluding hydrogens is 561 g/mol. The van der Waals surface area contributed by atoms with Crippen LogP contribution in [0.4, 0.5) is 0 Å². The average Bonchev–Trinajstić information content (AvgIpc) is 3.41. The highest BCUT2D eigenvalue weighted by Crippen LogP contribution is 2.37. The van der Waals surface area contributed by atoms with Crippen LogP contribution in [-0.2, 0) is 14.4 Å². The molecule has 1 saturated heterocycles. The number of carboxylic acid groups (broad SMARTS) is 1. The van der Waals surface area contributed by atoms with Crippen molar-refractivity contribution in [3.05, 3.63) is 75.1 Å². The maximum Gasteiger partial charge on any atom is 0.305 e. The van der Waals surface area contributed by atoms with Crippen molar-refractivity contribution >= 4 is 74.4 Å². The topological polar surface area (TPSA) is 116 Å². The van der Waals surface area contributed by atoms with E-state index in [9.17, 15) is 24.3 Å². The number of nitrogens with zero attached hydrogens (tertiary/aromatic N) is 1. The Kier molecular flexibility index (Phi) is 9.61. The van der Waals surface area contributed by atoms with E-state index in [0.29, 0.717) is 47.1 Å². The lowest BCUT2D eigenvalue weighted by Gasteiger charge is -2.31. The van der Waals surface area contributed by atoms with Gasteiger partial charge >= 0.3 is 5.97 Å². The van der Waals surface area contributed by atoms with E-state index in [1.807, 2.05) is 17.5 Å². The SMILES string of the molecule is O=C(O)C[C@H](CNC(=O)c1ccccc1)NC(=O)C1CCN(C(=O)/C=C/c2cc3ccsc3c(Cl)c2Cl)CC1. The second-order valence-electron chi connectivity index (χ2n) is 9.25. The highest BCUT2D eigenvalue weighted by molar-refractivity contribution is 7.18. The number of aliphatic carboxylic acids is 1. The minimum Gasteiger partial charge on any atom is -0.481 e. The molecule has 3 N–H and O–H groups in total. The van der Waals surface area contributed by atoms with Gasteiger partial charge in [-0.05, 0) is 59.5 Å². The minimum absolute atomic E-state index is 0.0162. The molecule has 0 spiro atoms. The summed E-state index contributed by atoms with van der Waals surface area (Å²) in [6, 6.07) is 11.6. The van der Waals surface area contributed by atoms with Gasteiger partial charge in [0.25, 0.3) is 5.91 Å². The van der Waals surface area contributed by atoms with E-state index < -0.39 is 12.0 Å². The molecule has 1 aliphatic heterocycles. The average molecular weight is 589 g/mol. The van der Waals surface area contributed by atoms with Crippen LogP contribution < -0.4 is 10.6 Å². The molecule has 0 radical (unpaired) electrons. The predicted octanol–water partition coefficient (Wildman–Crippen LogP) is 4.85. The van der Waals surface area contributed by atoms with Crippen molar-refractivity contribution in [1.29, 1.82) is 0 Å². The zero-order valence-electron chi connectivity index (χ0n) is 20.9. The Balaban J connectivity index is 1.29. The number of benzene rings is 2. The number of rotatable bonds is 9. The summed E-state index contributed by atoms with van der Waals surface area (Å²) in [5.74, 6) is -2.28. The van der Waals surface area contributed by atoms with Gasteiger partial charge in [0, 0.05) is 37.2 Å². The second kappa shape index (κ2) is 13.1. The third-order valence-corrected chi connectivity index (χ3v) is 8.49. The van der Waals surface area contributed by atoms with E-state index in [2.05, 4.69) is 10.6 Å². The van der Waals surface area contributed by atoms with Crippen molar-refractivity contribution in [1.82, 2.24) is 15.5 Å². The van der Waals surface area contributed by atoms with E-state index in [0.717, 1.165) is 10.1 Å². The number of hydrogen-bond donors (Lipinski definition) is 3. The third-order valence-electron chi connectivity index (χ3n) is 6.55. The van der Waals surface area contributed by atoms with Gasteiger partial charge in [0.15, 0.2) is 0 Å². The molecule has 1 fully saturated rings. The molecule has 204 valence electrons. The number of carbonyl (C=O) groups is 4. The normalized spacial score (nSPS) is 14.9. The first kappa shape index (κ1) is 28.6. The van der Waals surface area contributed by atoms with Crippen molar-refractivity contribution in [3.63, 3.8) is 0 Å². The Bertz CT molecular complexity index is 1400. The van der Waals surface area contributed by atoms with Crippen LogP contribution in [0.1, 0.15) is 35.2 Å². The fraction of sp³-hybridized carbons (Fsp3) is 0.286.